The van der Waals surface area contributed by atoms with Crippen molar-refractivity contribution in [3.63, 3.8) is 0 Å². The van der Waals surface area contributed by atoms with E-state index in [9.17, 15) is 4.79 Å². The zero-order valence-corrected chi connectivity index (χ0v) is 13.6. The number of likely N-dealkylation sites (tertiary alicyclic amines) is 1. The zero-order valence-electron chi connectivity index (χ0n) is 12.8. The van der Waals surface area contributed by atoms with E-state index < -0.39 is 0 Å². The maximum absolute atomic E-state index is 12.1. The third-order valence-electron chi connectivity index (χ3n) is 3.87. The van der Waals surface area contributed by atoms with Gasteiger partial charge in [0.05, 0.1) is 13.1 Å². The van der Waals surface area contributed by atoms with Crippen molar-refractivity contribution in [2.75, 3.05) is 18.4 Å². The summed E-state index contributed by atoms with van der Waals surface area (Å²) in [5.41, 5.74) is 0. The summed E-state index contributed by atoms with van der Waals surface area (Å²) in [6, 6.07) is 0.335. The van der Waals surface area contributed by atoms with Crippen LogP contribution in [0.25, 0.3) is 0 Å². The Bertz CT molecular complexity index is 638. The molecule has 0 aromatic carbocycles. The Hall–Kier alpha value is -1.80. The van der Waals surface area contributed by atoms with Crippen LogP contribution in [0.3, 0.4) is 0 Å². The van der Waals surface area contributed by atoms with Gasteiger partial charge in [-0.15, -0.1) is 11.3 Å². The standard InChI is InChI=1S/C14H20N6OS/c1-10-16-11(2)20(18-10)8-12-4-3-6-19(12)9-13(21)17-14-15-5-7-22-14/h5,7,12H,3-4,6,8-9H2,1-2H3,(H,15,17,21)/t12-/m1/s1. The topological polar surface area (TPSA) is 75.9 Å². The van der Waals surface area contributed by atoms with Gasteiger partial charge in [-0.05, 0) is 33.2 Å². The molecule has 1 aliphatic heterocycles. The molecule has 1 amide bonds. The first-order valence-corrected chi connectivity index (χ1v) is 8.31. The zero-order chi connectivity index (χ0) is 15.5. The van der Waals surface area contributed by atoms with Gasteiger partial charge in [0, 0.05) is 17.6 Å². The first-order valence-electron chi connectivity index (χ1n) is 7.43. The minimum absolute atomic E-state index is 0.00616. The van der Waals surface area contributed by atoms with Gasteiger partial charge >= 0.3 is 0 Å². The van der Waals surface area contributed by atoms with Crippen LogP contribution in [0.4, 0.5) is 5.13 Å². The maximum Gasteiger partial charge on any atom is 0.240 e. The van der Waals surface area contributed by atoms with Crippen LogP contribution >= 0.6 is 11.3 Å². The van der Waals surface area contributed by atoms with Crippen LogP contribution in [0.1, 0.15) is 24.5 Å². The first-order chi connectivity index (χ1) is 10.6. The van der Waals surface area contributed by atoms with Gasteiger partial charge in [-0.3, -0.25) is 9.69 Å². The Labute approximate surface area is 133 Å². The quantitative estimate of drug-likeness (QED) is 0.902. The van der Waals surface area contributed by atoms with Gasteiger partial charge in [-0.2, -0.15) is 5.10 Å². The summed E-state index contributed by atoms with van der Waals surface area (Å²) in [5.74, 6) is 1.72. The van der Waals surface area contributed by atoms with E-state index in [-0.39, 0.29) is 5.91 Å². The Morgan fingerprint density at radius 2 is 2.36 bits per heavy atom. The lowest BCUT2D eigenvalue weighted by molar-refractivity contribution is -0.117. The molecule has 1 N–H and O–H groups in total. The lowest BCUT2D eigenvalue weighted by Gasteiger charge is -2.23. The van der Waals surface area contributed by atoms with Crippen LogP contribution in [-0.4, -0.2) is 49.7 Å². The minimum Gasteiger partial charge on any atom is -0.301 e. The average Bonchev–Trinajstić information content (AvgIpc) is 3.16. The van der Waals surface area contributed by atoms with E-state index in [1.807, 2.05) is 23.9 Å². The molecule has 1 aliphatic rings. The summed E-state index contributed by atoms with van der Waals surface area (Å²) in [7, 11) is 0. The van der Waals surface area contributed by atoms with E-state index in [1.54, 1.807) is 6.20 Å². The molecule has 8 heteroatoms. The average molecular weight is 320 g/mol. The molecule has 118 valence electrons. The van der Waals surface area contributed by atoms with Crippen molar-refractivity contribution in [1.82, 2.24) is 24.6 Å². The van der Waals surface area contributed by atoms with Crippen molar-refractivity contribution >= 4 is 22.4 Å². The van der Waals surface area contributed by atoms with Crippen molar-refractivity contribution in [2.24, 2.45) is 0 Å². The minimum atomic E-state index is -0.00616. The van der Waals surface area contributed by atoms with E-state index in [0.717, 1.165) is 37.6 Å². The SMILES string of the molecule is Cc1nc(C)n(C[C@H]2CCCN2CC(=O)Nc2nccs2)n1. The van der Waals surface area contributed by atoms with Crippen molar-refractivity contribution in [2.45, 2.75) is 39.3 Å². The largest absolute Gasteiger partial charge is 0.301 e. The number of rotatable bonds is 5. The number of anilines is 1. The number of hydrogen-bond acceptors (Lipinski definition) is 6. The van der Waals surface area contributed by atoms with Gasteiger partial charge in [0.25, 0.3) is 0 Å². The van der Waals surface area contributed by atoms with Gasteiger partial charge in [0.1, 0.15) is 11.6 Å². The highest BCUT2D eigenvalue weighted by atomic mass is 32.1. The van der Waals surface area contributed by atoms with Crippen molar-refractivity contribution in [1.29, 1.82) is 0 Å². The molecule has 0 unspecified atom stereocenters. The van der Waals surface area contributed by atoms with E-state index in [1.165, 1.54) is 11.3 Å². The summed E-state index contributed by atoms with van der Waals surface area (Å²) in [4.78, 5) is 22.7. The normalized spacial score (nSPS) is 18.7. The van der Waals surface area contributed by atoms with Crippen LogP contribution < -0.4 is 5.32 Å². The lowest BCUT2D eigenvalue weighted by Crippen LogP contribution is -2.39. The second-order valence-electron chi connectivity index (χ2n) is 5.54. The number of carbonyl (C=O) groups excluding carboxylic acids is 1. The first kappa shape index (κ1) is 15.1. The molecule has 3 rings (SSSR count). The number of nitrogens with one attached hydrogen (secondary N) is 1. The van der Waals surface area contributed by atoms with Gasteiger partial charge < -0.3 is 5.32 Å². The van der Waals surface area contributed by atoms with E-state index in [4.69, 9.17) is 0 Å². The summed E-state index contributed by atoms with van der Waals surface area (Å²) < 4.78 is 1.94. The van der Waals surface area contributed by atoms with Crippen LogP contribution in [0.5, 0.6) is 0 Å². The van der Waals surface area contributed by atoms with Gasteiger partial charge in [-0.1, -0.05) is 0 Å². The van der Waals surface area contributed by atoms with E-state index in [2.05, 4.69) is 25.3 Å². The monoisotopic (exact) mass is 320 g/mol. The predicted molar refractivity (Wildman–Crippen MR) is 84.8 cm³/mol. The third kappa shape index (κ3) is 3.50. The van der Waals surface area contributed by atoms with Crippen molar-refractivity contribution in [3.8, 4) is 0 Å². The highest BCUT2D eigenvalue weighted by Gasteiger charge is 2.27. The summed E-state index contributed by atoms with van der Waals surface area (Å²) in [5, 5.41) is 9.77. The molecule has 7 nitrogen and oxygen atoms in total. The number of nitrogens with zero attached hydrogens (tertiary/aromatic N) is 5. The number of amides is 1. The van der Waals surface area contributed by atoms with E-state index in [0.29, 0.717) is 17.7 Å². The maximum atomic E-state index is 12.1. The molecule has 22 heavy (non-hydrogen) atoms. The lowest BCUT2D eigenvalue weighted by atomic mass is 10.2. The molecule has 0 saturated carbocycles. The number of aromatic nitrogens is 4. The number of hydrogen-bond donors (Lipinski definition) is 1. The summed E-state index contributed by atoms with van der Waals surface area (Å²) >= 11 is 1.43. The molecule has 0 bridgehead atoms. The number of carbonyl (C=O) groups is 1. The molecule has 0 radical (unpaired) electrons. The Morgan fingerprint density at radius 3 is 3.05 bits per heavy atom. The Balaban J connectivity index is 1.58. The number of thiazole rings is 1. The fourth-order valence-corrected chi connectivity index (χ4v) is 3.42. The van der Waals surface area contributed by atoms with Gasteiger partial charge in [0.2, 0.25) is 5.91 Å². The fraction of sp³-hybridized carbons (Fsp3) is 0.571. The second-order valence-corrected chi connectivity index (χ2v) is 6.43. The Morgan fingerprint density at radius 1 is 1.50 bits per heavy atom. The van der Waals surface area contributed by atoms with Crippen LogP contribution in [0, 0.1) is 13.8 Å². The molecular weight excluding hydrogens is 300 g/mol. The highest BCUT2D eigenvalue weighted by Crippen LogP contribution is 2.19. The van der Waals surface area contributed by atoms with Gasteiger partial charge in [-0.25, -0.2) is 14.6 Å². The summed E-state index contributed by atoms with van der Waals surface area (Å²) in [6.45, 7) is 6.00. The molecule has 1 fully saturated rings. The molecule has 3 heterocycles. The summed E-state index contributed by atoms with van der Waals surface area (Å²) in [6.07, 6.45) is 3.89. The van der Waals surface area contributed by atoms with Crippen LogP contribution in [-0.2, 0) is 11.3 Å². The third-order valence-corrected chi connectivity index (χ3v) is 4.56. The molecule has 2 aromatic heterocycles. The molecular formula is C14H20N6OS. The van der Waals surface area contributed by atoms with Gasteiger partial charge in [0.15, 0.2) is 5.13 Å². The molecule has 1 atom stereocenters. The molecule has 2 aromatic rings. The van der Waals surface area contributed by atoms with Crippen LogP contribution in [0.15, 0.2) is 11.6 Å². The molecule has 1 saturated heterocycles. The number of aryl methyl sites for hydroxylation is 2. The highest BCUT2D eigenvalue weighted by molar-refractivity contribution is 7.13. The predicted octanol–water partition coefficient (Wildman–Crippen LogP) is 1.45. The van der Waals surface area contributed by atoms with Crippen molar-refractivity contribution < 1.29 is 4.79 Å². The molecule has 0 spiro atoms. The van der Waals surface area contributed by atoms with E-state index >= 15 is 0 Å². The molecule has 0 aliphatic carbocycles. The fourth-order valence-electron chi connectivity index (χ4n) is 2.87. The van der Waals surface area contributed by atoms with Crippen molar-refractivity contribution in [3.05, 3.63) is 23.2 Å². The smallest absolute Gasteiger partial charge is 0.240 e. The van der Waals surface area contributed by atoms with Crippen LogP contribution in [0.2, 0.25) is 0 Å². The Kier molecular flexibility index (Phi) is 4.49. The second kappa shape index (κ2) is 6.53.